The molecule has 1 aliphatic rings. The molecular weight excluding hydrogens is 244 g/mol. The molecule has 0 aromatic rings. The second kappa shape index (κ2) is 7.09. The summed E-state index contributed by atoms with van der Waals surface area (Å²) < 4.78 is 0. The third kappa shape index (κ3) is 4.21. The van der Waals surface area contributed by atoms with Gasteiger partial charge in [0.25, 0.3) is 0 Å². The standard InChI is InChI=1S/C14H22N2O3/c1-4-6-11(5-2)8-15-14(19)13-7-12(18)9-16(13)10(3)17/h4-6,12-13,18H,7-9H2,1-3H3,(H,15,19)/b6-4-,11-5+/t12-,13+/m1/s1. The molecule has 0 unspecified atom stereocenters. The van der Waals surface area contributed by atoms with Gasteiger partial charge in [-0.3, -0.25) is 9.59 Å². The Morgan fingerprint density at radius 2 is 2.11 bits per heavy atom. The van der Waals surface area contributed by atoms with Gasteiger partial charge in [-0.15, -0.1) is 0 Å². The van der Waals surface area contributed by atoms with Crippen molar-refractivity contribution < 1.29 is 14.7 Å². The summed E-state index contributed by atoms with van der Waals surface area (Å²) in [5, 5.41) is 12.4. The maximum Gasteiger partial charge on any atom is 0.243 e. The van der Waals surface area contributed by atoms with Crippen molar-refractivity contribution in [3.63, 3.8) is 0 Å². The second-order valence-corrected chi connectivity index (χ2v) is 4.66. The van der Waals surface area contributed by atoms with E-state index in [0.717, 1.165) is 5.57 Å². The molecule has 1 rings (SSSR count). The summed E-state index contributed by atoms with van der Waals surface area (Å²) in [6.45, 7) is 5.89. The van der Waals surface area contributed by atoms with Gasteiger partial charge in [0.2, 0.25) is 11.8 Å². The summed E-state index contributed by atoms with van der Waals surface area (Å²) in [7, 11) is 0. The van der Waals surface area contributed by atoms with Gasteiger partial charge in [-0.05, 0) is 19.4 Å². The van der Waals surface area contributed by atoms with Crippen molar-refractivity contribution in [3.8, 4) is 0 Å². The lowest BCUT2D eigenvalue weighted by molar-refractivity contribution is -0.136. The van der Waals surface area contributed by atoms with Gasteiger partial charge >= 0.3 is 0 Å². The minimum atomic E-state index is -0.614. The number of amides is 2. The minimum Gasteiger partial charge on any atom is -0.391 e. The van der Waals surface area contributed by atoms with Crippen LogP contribution in [0.15, 0.2) is 23.8 Å². The van der Waals surface area contributed by atoms with Gasteiger partial charge in [-0.1, -0.05) is 18.2 Å². The molecule has 0 aromatic carbocycles. The van der Waals surface area contributed by atoms with Crippen LogP contribution < -0.4 is 5.32 Å². The highest BCUT2D eigenvalue weighted by atomic mass is 16.3. The first-order valence-corrected chi connectivity index (χ1v) is 6.50. The summed E-state index contributed by atoms with van der Waals surface area (Å²) in [5.74, 6) is -0.396. The van der Waals surface area contributed by atoms with E-state index in [2.05, 4.69) is 5.32 Å². The Morgan fingerprint density at radius 3 is 2.63 bits per heavy atom. The van der Waals surface area contributed by atoms with E-state index < -0.39 is 12.1 Å². The van der Waals surface area contributed by atoms with Crippen LogP contribution in [0.1, 0.15) is 27.2 Å². The Labute approximate surface area is 114 Å². The fraction of sp³-hybridized carbons (Fsp3) is 0.571. The largest absolute Gasteiger partial charge is 0.391 e. The van der Waals surface area contributed by atoms with E-state index in [0.29, 0.717) is 13.0 Å². The van der Waals surface area contributed by atoms with Gasteiger partial charge in [0.15, 0.2) is 0 Å². The van der Waals surface area contributed by atoms with Crippen LogP contribution in [-0.4, -0.2) is 47.1 Å². The number of likely N-dealkylation sites (tertiary alicyclic amines) is 1. The van der Waals surface area contributed by atoms with Crippen molar-refractivity contribution in [2.24, 2.45) is 0 Å². The highest BCUT2D eigenvalue weighted by Crippen LogP contribution is 2.18. The van der Waals surface area contributed by atoms with Crippen LogP contribution in [-0.2, 0) is 9.59 Å². The van der Waals surface area contributed by atoms with E-state index in [1.165, 1.54) is 11.8 Å². The normalized spacial score (nSPS) is 24.0. The average Bonchev–Trinajstić information content (AvgIpc) is 2.76. The molecule has 0 spiro atoms. The lowest BCUT2D eigenvalue weighted by Crippen LogP contribution is -2.45. The highest BCUT2D eigenvalue weighted by Gasteiger charge is 2.37. The van der Waals surface area contributed by atoms with Gasteiger partial charge in [-0.2, -0.15) is 0 Å². The number of carbonyl (C=O) groups excluding carboxylic acids is 2. The molecule has 1 heterocycles. The zero-order valence-electron chi connectivity index (χ0n) is 11.7. The van der Waals surface area contributed by atoms with E-state index in [9.17, 15) is 14.7 Å². The SMILES string of the molecule is C/C=C\C(=C/C)CNC(=O)[C@@H]1C[C@@H](O)CN1C(C)=O. The Balaban J connectivity index is 2.60. The monoisotopic (exact) mass is 266 g/mol. The molecular formula is C14H22N2O3. The van der Waals surface area contributed by atoms with Crippen LogP contribution in [0.2, 0.25) is 0 Å². The van der Waals surface area contributed by atoms with Crippen molar-refractivity contribution in [2.75, 3.05) is 13.1 Å². The predicted octanol–water partition coefficient (Wildman–Crippen LogP) is 0.607. The number of aliphatic hydroxyl groups excluding tert-OH is 1. The van der Waals surface area contributed by atoms with Crippen molar-refractivity contribution in [1.29, 1.82) is 0 Å². The molecule has 0 radical (unpaired) electrons. The lowest BCUT2D eigenvalue weighted by Gasteiger charge is -2.22. The third-order valence-corrected chi connectivity index (χ3v) is 3.20. The van der Waals surface area contributed by atoms with Crippen LogP contribution in [0.4, 0.5) is 0 Å². The quantitative estimate of drug-likeness (QED) is 0.732. The third-order valence-electron chi connectivity index (χ3n) is 3.20. The number of allylic oxidation sites excluding steroid dienone is 2. The molecule has 2 N–H and O–H groups in total. The van der Waals surface area contributed by atoms with Crippen molar-refractivity contribution in [1.82, 2.24) is 10.2 Å². The van der Waals surface area contributed by atoms with Crippen molar-refractivity contribution >= 4 is 11.8 Å². The Morgan fingerprint density at radius 1 is 1.42 bits per heavy atom. The van der Waals surface area contributed by atoms with Crippen LogP contribution in [0.5, 0.6) is 0 Å². The Hall–Kier alpha value is -1.62. The number of β-amino-alcohol motifs (C(OH)–C–C–N with tert-alkyl or cyclic N) is 1. The number of aliphatic hydroxyl groups is 1. The minimum absolute atomic E-state index is 0.184. The average molecular weight is 266 g/mol. The molecule has 0 bridgehead atoms. The summed E-state index contributed by atoms with van der Waals surface area (Å²) in [6, 6.07) is -0.559. The highest BCUT2D eigenvalue weighted by molar-refractivity contribution is 5.87. The molecule has 1 aliphatic heterocycles. The molecule has 19 heavy (non-hydrogen) atoms. The zero-order chi connectivity index (χ0) is 14.4. The van der Waals surface area contributed by atoms with E-state index in [4.69, 9.17) is 0 Å². The molecule has 0 aromatic heterocycles. The lowest BCUT2D eigenvalue weighted by atomic mass is 10.1. The number of nitrogens with one attached hydrogen (secondary N) is 1. The molecule has 5 heteroatoms. The van der Waals surface area contributed by atoms with Gasteiger partial charge < -0.3 is 15.3 Å². The van der Waals surface area contributed by atoms with Gasteiger partial charge in [0.1, 0.15) is 6.04 Å². The number of carbonyl (C=O) groups is 2. The maximum absolute atomic E-state index is 12.1. The predicted molar refractivity (Wildman–Crippen MR) is 73.4 cm³/mol. The smallest absolute Gasteiger partial charge is 0.243 e. The van der Waals surface area contributed by atoms with E-state index in [1.54, 1.807) is 0 Å². The van der Waals surface area contributed by atoms with E-state index in [-0.39, 0.29) is 18.4 Å². The van der Waals surface area contributed by atoms with E-state index >= 15 is 0 Å². The number of hydrogen-bond donors (Lipinski definition) is 2. The fourth-order valence-electron chi connectivity index (χ4n) is 2.19. The molecule has 106 valence electrons. The van der Waals surface area contributed by atoms with Gasteiger partial charge in [0, 0.05) is 26.4 Å². The number of nitrogens with zero attached hydrogens (tertiary/aromatic N) is 1. The molecule has 0 aliphatic carbocycles. The first kappa shape index (κ1) is 15.4. The van der Waals surface area contributed by atoms with Gasteiger partial charge in [0.05, 0.1) is 6.10 Å². The van der Waals surface area contributed by atoms with Crippen LogP contribution in [0.25, 0.3) is 0 Å². The van der Waals surface area contributed by atoms with Crippen molar-refractivity contribution in [2.45, 2.75) is 39.3 Å². The maximum atomic E-state index is 12.1. The van der Waals surface area contributed by atoms with Crippen LogP contribution in [0.3, 0.4) is 0 Å². The Kier molecular flexibility index (Phi) is 5.76. The summed E-state index contributed by atoms with van der Waals surface area (Å²) >= 11 is 0. The summed E-state index contributed by atoms with van der Waals surface area (Å²) in [6.07, 6.45) is 5.44. The van der Waals surface area contributed by atoms with Crippen molar-refractivity contribution in [3.05, 3.63) is 23.8 Å². The Bertz CT molecular complexity index is 401. The topological polar surface area (TPSA) is 69.6 Å². The molecule has 5 nitrogen and oxygen atoms in total. The first-order chi connectivity index (χ1) is 8.99. The first-order valence-electron chi connectivity index (χ1n) is 6.50. The van der Waals surface area contributed by atoms with Crippen LogP contribution in [0, 0.1) is 0 Å². The number of rotatable bonds is 4. The summed E-state index contributed by atoms with van der Waals surface area (Å²) in [4.78, 5) is 24.9. The molecule has 1 saturated heterocycles. The second-order valence-electron chi connectivity index (χ2n) is 4.66. The van der Waals surface area contributed by atoms with E-state index in [1.807, 2.05) is 32.1 Å². The molecule has 1 fully saturated rings. The number of hydrogen-bond acceptors (Lipinski definition) is 3. The molecule has 2 atom stereocenters. The molecule has 0 saturated carbocycles. The van der Waals surface area contributed by atoms with Gasteiger partial charge in [-0.25, -0.2) is 0 Å². The molecule has 2 amide bonds. The fourth-order valence-corrected chi connectivity index (χ4v) is 2.19. The summed E-state index contributed by atoms with van der Waals surface area (Å²) in [5.41, 5.74) is 1.00. The zero-order valence-corrected chi connectivity index (χ0v) is 11.7. The van der Waals surface area contributed by atoms with Crippen LogP contribution >= 0.6 is 0 Å².